The van der Waals surface area contributed by atoms with E-state index >= 15 is 0 Å². The van der Waals surface area contributed by atoms with Crippen molar-refractivity contribution in [2.75, 3.05) is 4.90 Å². The fourth-order valence-electron chi connectivity index (χ4n) is 7.51. The van der Waals surface area contributed by atoms with Crippen LogP contribution in [-0.4, -0.2) is 11.3 Å². The maximum absolute atomic E-state index is 6.69. The molecule has 0 fully saturated rings. The number of hydrogen-bond acceptors (Lipinski definition) is 3. The van der Waals surface area contributed by atoms with Crippen molar-refractivity contribution in [1.82, 2.24) is 4.57 Å². The fraction of sp³-hybridized carbons (Fsp3) is 0. The van der Waals surface area contributed by atoms with E-state index in [4.69, 9.17) is 9.47 Å². The number of ether oxygens (including phenoxy) is 2. The number of rotatable bonds is 3. The maximum Gasteiger partial charge on any atom is 0.250 e. The number of aromatic nitrogens is 1. The molecule has 0 radical (unpaired) electrons. The van der Waals surface area contributed by atoms with Crippen LogP contribution in [0.4, 0.5) is 17.1 Å². The minimum Gasteiger partial charge on any atom is -0.458 e. The van der Waals surface area contributed by atoms with Gasteiger partial charge in [0.25, 0.3) is 6.71 Å². The van der Waals surface area contributed by atoms with Crippen LogP contribution < -0.4 is 30.8 Å². The van der Waals surface area contributed by atoms with Gasteiger partial charge in [0, 0.05) is 22.5 Å². The van der Waals surface area contributed by atoms with E-state index in [1.165, 1.54) is 16.3 Å². The second-order valence-electron chi connectivity index (χ2n) is 12.1. The van der Waals surface area contributed by atoms with Crippen LogP contribution in [0.15, 0.2) is 164 Å². The zero-order valence-corrected chi connectivity index (χ0v) is 25.4. The lowest BCUT2D eigenvalue weighted by Gasteiger charge is -2.34. The summed E-state index contributed by atoms with van der Waals surface area (Å²) in [7, 11) is 0. The summed E-state index contributed by atoms with van der Waals surface area (Å²) in [6.45, 7) is 0.0741. The van der Waals surface area contributed by atoms with E-state index in [0.29, 0.717) is 0 Å². The summed E-state index contributed by atoms with van der Waals surface area (Å²) in [5.74, 6) is 3.39. The molecule has 0 aliphatic carbocycles. The summed E-state index contributed by atoms with van der Waals surface area (Å²) in [6.07, 6.45) is 0. The highest BCUT2D eigenvalue weighted by Gasteiger charge is 2.35. The van der Waals surface area contributed by atoms with Crippen molar-refractivity contribution in [2.45, 2.75) is 0 Å². The fourth-order valence-corrected chi connectivity index (χ4v) is 7.51. The molecule has 2 aliphatic heterocycles. The van der Waals surface area contributed by atoms with Crippen molar-refractivity contribution in [3.8, 4) is 28.7 Å². The van der Waals surface area contributed by atoms with Gasteiger partial charge < -0.3 is 18.9 Å². The Morgan fingerprint density at radius 2 is 1.13 bits per heavy atom. The molecular formula is C42H27BN2O2. The average Bonchev–Trinajstić information content (AvgIpc) is 3.48. The molecule has 4 nitrogen and oxygen atoms in total. The lowest BCUT2D eigenvalue weighted by molar-refractivity contribution is 0.477. The Kier molecular flexibility index (Phi) is 5.63. The highest BCUT2D eigenvalue weighted by Crippen LogP contribution is 2.55. The molecule has 0 amide bonds. The van der Waals surface area contributed by atoms with Crippen LogP contribution in [0.3, 0.4) is 0 Å². The first-order valence-corrected chi connectivity index (χ1v) is 16.0. The first-order chi connectivity index (χ1) is 23.3. The van der Waals surface area contributed by atoms with Gasteiger partial charge in [-0.05, 0) is 65.5 Å². The van der Waals surface area contributed by atoms with E-state index in [1.807, 2.05) is 18.2 Å². The van der Waals surface area contributed by atoms with Gasteiger partial charge in [0.2, 0.25) is 0 Å². The molecule has 5 heteroatoms. The normalized spacial score (nSPS) is 12.9. The van der Waals surface area contributed by atoms with Crippen molar-refractivity contribution in [2.24, 2.45) is 0 Å². The highest BCUT2D eigenvalue weighted by molar-refractivity contribution is 6.96. The van der Waals surface area contributed by atoms with Gasteiger partial charge in [0.05, 0.1) is 28.1 Å². The van der Waals surface area contributed by atoms with E-state index in [0.717, 1.165) is 67.6 Å². The molecule has 220 valence electrons. The number of fused-ring (bicyclic) bond motifs is 8. The molecule has 0 bridgehead atoms. The third-order valence-corrected chi connectivity index (χ3v) is 9.49. The second-order valence-corrected chi connectivity index (χ2v) is 12.1. The predicted octanol–water partition coefficient (Wildman–Crippen LogP) is 8.98. The molecule has 0 unspecified atom stereocenters. The standard InChI is InChI=1S/C42H27BN2O2/c1-3-13-28(14-4-1)43-32-18-8-11-21-37(32)46-40-27-30(23-24-33(40)43)45-35-20-10-12-22-38(35)47-39-26-25-36-41(42(39)45)31-17-7-9-19-34(31)44(36)29-15-5-2-6-16-29/h1-27H. The van der Waals surface area contributed by atoms with Gasteiger partial charge in [-0.1, -0.05) is 109 Å². The monoisotopic (exact) mass is 602 g/mol. The Hall–Kier alpha value is -6.20. The smallest absolute Gasteiger partial charge is 0.250 e. The van der Waals surface area contributed by atoms with Gasteiger partial charge in [-0.15, -0.1) is 0 Å². The molecule has 0 N–H and O–H groups in total. The molecule has 0 atom stereocenters. The van der Waals surface area contributed by atoms with Crippen LogP contribution in [-0.2, 0) is 0 Å². The van der Waals surface area contributed by atoms with E-state index < -0.39 is 0 Å². The van der Waals surface area contributed by atoms with E-state index in [9.17, 15) is 0 Å². The number of hydrogen-bond donors (Lipinski definition) is 0. The molecule has 47 heavy (non-hydrogen) atoms. The number of nitrogens with zero attached hydrogens (tertiary/aromatic N) is 2. The molecule has 3 heterocycles. The quantitative estimate of drug-likeness (QED) is 0.189. The molecule has 1 aromatic heterocycles. The van der Waals surface area contributed by atoms with Crippen molar-refractivity contribution in [3.63, 3.8) is 0 Å². The van der Waals surface area contributed by atoms with E-state index in [1.54, 1.807) is 0 Å². The Morgan fingerprint density at radius 1 is 0.447 bits per heavy atom. The second kappa shape index (κ2) is 10.2. The summed E-state index contributed by atoms with van der Waals surface area (Å²) in [5.41, 5.74) is 9.98. The predicted molar refractivity (Wildman–Crippen MR) is 193 cm³/mol. The topological polar surface area (TPSA) is 26.6 Å². The SMILES string of the molecule is c1ccc(B2c3ccccc3Oc3cc(N4c5ccccc5Oc5ccc6c(c54)c4ccccc4n6-c4ccccc4)ccc32)cc1. The van der Waals surface area contributed by atoms with Crippen molar-refractivity contribution < 1.29 is 9.47 Å². The van der Waals surface area contributed by atoms with Gasteiger partial charge in [-0.3, -0.25) is 0 Å². The summed E-state index contributed by atoms with van der Waals surface area (Å²) < 4.78 is 15.7. The Balaban J connectivity index is 1.23. The summed E-state index contributed by atoms with van der Waals surface area (Å²) in [6, 6.07) is 57.5. The Bertz CT molecular complexity index is 2490. The summed E-state index contributed by atoms with van der Waals surface area (Å²) >= 11 is 0. The number of benzene rings is 7. The van der Waals surface area contributed by atoms with Crippen LogP contribution in [0, 0.1) is 0 Å². The molecule has 0 saturated carbocycles. The average molecular weight is 603 g/mol. The largest absolute Gasteiger partial charge is 0.458 e. The molecule has 8 aromatic rings. The Morgan fingerprint density at radius 3 is 2.00 bits per heavy atom. The van der Waals surface area contributed by atoms with Crippen LogP contribution in [0.1, 0.15) is 0 Å². The zero-order valence-electron chi connectivity index (χ0n) is 25.4. The number of para-hydroxylation sites is 5. The van der Waals surface area contributed by atoms with Gasteiger partial charge in [0.15, 0.2) is 11.5 Å². The maximum atomic E-state index is 6.69. The van der Waals surface area contributed by atoms with Crippen molar-refractivity contribution in [3.05, 3.63) is 164 Å². The van der Waals surface area contributed by atoms with Crippen LogP contribution in [0.2, 0.25) is 0 Å². The van der Waals surface area contributed by atoms with Crippen LogP contribution in [0.5, 0.6) is 23.0 Å². The van der Waals surface area contributed by atoms with Crippen LogP contribution >= 0.6 is 0 Å². The molecule has 0 spiro atoms. The van der Waals surface area contributed by atoms with Crippen molar-refractivity contribution >= 4 is 62.0 Å². The highest BCUT2D eigenvalue weighted by atomic mass is 16.5. The first-order valence-electron chi connectivity index (χ1n) is 16.0. The Labute approximate surface area is 272 Å². The molecule has 0 saturated heterocycles. The van der Waals surface area contributed by atoms with Gasteiger partial charge in [0.1, 0.15) is 11.5 Å². The lowest BCUT2D eigenvalue weighted by atomic mass is 9.36. The minimum absolute atomic E-state index is 0.0741. The molecule has 10 rings (SSSR count). The molecule has 7 aromatic carbocycles. The van der Waals surface area contributed by atoms with E-state index in [-0.39, 0.29) is 6.71 Å². The van der Waals surface area contributed by atoms with Crippen molar-refractivity contribution in [1.29, 1.82) is 0 Å². The summed E-state index contributed by atoms with van der Waals surface area (Å²) in [5, 5.41) is 2.31. The molecular weight excluding hydrogens is 575 g/mol. The third kappa shape index (κ3) is 3.90. The first kappa shape index (κ1) is 26.1. The van der Waals surface area contributed by atoms with E-state index in [2.05, 4.69) is 155 Å². The van der Waals surface area contributed by atoms with Gasteiger partial charge in [-0.25, -0.2) is 0 Å². The zero-order chi connectivity index (χ0) is 30.9. The third-order valence-electron chi connectivity index (χ3n) is 9.49. The summed E-state index contributed by atoms with van der Waals surface area (Å²) in [4.78, 5) is 2.35. The lowest BCUT2D eigenvalue weighted by Crippen LogP contribution is -2.54. The minimum atomic E-state index is 0.0741. The number of anilines is 3. The van der Waals surface area contributed by atoms with Crippen LogP contribution in [0.25, 0.3) is 27.5 Å². The molecule has 2 aliphatic rings. The van der Waals surface area contributed by atoms with Gasteiger partial charge in [-0.2, -0.15) is 0 Å². The van der Waals surface area contributed by atoms with Gasteiger partial charge >= 0.3 is 0 Å².